The fourth-order valence-corrected chi connectivity index (χ4v) is 7.28. The summed E-state index contributed by atoms with van der Waals surface area (Å²) in [6.07, 6.45) is 0. The van der Waals surface area contributed by atoms with Crippen molar-refractivity contribution in [1.29, 1.82) is 0 Å². The van der Waals surface area contributed by atoms with Gasteiger partial charge in [0.05, 0.1) is 29.0 Å². The Morgan fingerprint density at radius 2 is 1.79 bits per heavy atom. The third kappa shape index (κ3) is 3.36. The molecule has 0 spiro atoms. The summed E-state index contributed by atoms with van der Waals surface area (Å²) in [7, 11) is -5.35. The maximum absolute atomic E-state index is 12.9. The number of rotatable bonds is 5. The molecule has 0 amide bonds. The summed E-state index contributed by atoms with van der Waals surface area (Å²) < 4.78 is 56.7. The fourth-order valence-electron chi connectivity index (χ4n) is 3.51. The van der Waals surface area contributed by atoms with Gasteiger partial charge >= 0.3 is 0 Å². The molecular formula is C15H22N2O5S2. The molecule has 2 atom stereocenters. The Morgan fingerprint density at radius 3 is 2.46 bits per heavy atom. The summed E-state index contributed by atoms with van der Waals surface area (Å²) in [5, 5.41) is 0. The minimum absolute atomic E-state index is 0.00217. The molecule has 0 aliphatic carbocycles. The highest BCUT2D eigenvalue weighted by Gasteiger charge is 2.50. The summed E-state index contributed by atoms with van der Waals surface area (Å²) in [4.78, 5) is 2.24. The Balaban J connectivity index is 1.91. The molecule has 134 valence electrons. The fraction of sp³-hybridized carbons (Fsp3) is 0.600. The van der Waals surface area contributed by atoms with Crippen molar-refractivity contribution in [1.82, 2.24) is 9.21 Å². The van der Waals surface area contributed by atoms with Crippen molar-refractivity contribution in [2.75, 3.05) is 44.9 Å². The lowest BCUT2D eigenvalue weighted by Gasteiger charge is -2.42. The first-order chi connectivity index (χ1) is 11.3. The molecule has 0 saturated carbocycles. The molecule has 1 aromatic carbocycles. The average Bonchev–Trinajstić information content (AvgIpc) is 2.88. The monoisotopic (exact) mass is 374 g/mol. The van der Waals surface area contributed by atoms with E-state index in [4.69, 9.17) is 4.74 Å². The van der Waals surface area contributed by atoms with Crippen LogP contribution in [0.5, 0.6) is 0 Å². The van der Waals surface area contributed by atoms with E-state index in [-0.39, 0.29) is 29.0 Å². The molecule has 0 radical (unpaired) electrons. The second-order valence-electron chi connectivity index (χ2n) is 6.17. The number of sulfone groups is 1. The maximum atomic E-state index is 12.9. The van der Waals surface area contributed by atoms with Crippen LogP contribution in [0.4, 0.5) is 0 Å². The first-order valence-corrected chi connectivity index (χ1v) is 11.1. The predicted molar refractivity (Wildman–Crippen MR) is 90.0 cm³/mol. The van der Waals surface area contributed by atoms with Crippen molar-refractivity contribution >= 4 is 19.9 Å². The topological polar surface area (TPSA) is 84.0 Å². The lowest BCUT2D eigenvalue weighted by molar-refractivity contribution is 0.0663. The number of hydrogen-bond acceptors (Lipinski definition) is 6. The van der Waals surface area contributed by atoms with E-state index in [0.717, 1.165) is 0 Å². The van der Waals surface area contributed by atoms with E-state index in [9.17, 15) is 16.8 Å². The van der Waals surface area contributed by atoms with Gasteiger partial charge in [-0.05, 0) is 12.1 Å². The van der Waals surface area contributed by atoms with Crippen LogP contribution in [0.3, 0.4) is 0 Å². The zero-order chi connectivity index (χ0) is 17.4. The Morgan fingerprint density at radius 1 is 1.12 bits per heavy atom. The first kappa shape index (κ1) is 17.8. The minimum atomic E-state index is -3.70. The van der Waals surface area contributed by atoms with Crippen molar-refractivity contribution in [3.05, 3.63) is 30.3 Å². The third-order valence-electron chi connectivity index (χ3n) is 4.67. The number of nitrogens with zero attached hydrogens (tertiary/aromatic N) is 2. The van der Waals surface area contributed by atoms with Crippen LogP contribution < -0.4 is 0 Å². The van der Waals surface area contributed by atoms with Crippen LogP contribution >= 0.6 is 0 Å². The van der Waals surface area contributed by atoms with Crippen molar-refractivity contribution in [2.24, 2.45) is 0 Å². The SMILES string of the molecule is COCCN1CCN(S(=O)(=O)c2ccccc2)[C@@H]2CS(=O)(=O)C[C@@H]21. The maximum Gasteiger partial charge on any atom is 0.243 e. The van der Waals surface area contributed by atoms with Crippen molar-refractivity contribution in [3.8, 4) is 0 Å². The molecule has 1 aromatic rings. The highest BCUT2D eigenvalue weighted by atomic mass is 32.2. The van der Waals surface area contributed by atoms with E-state index in [1.165, 1.54) is 4.31 Å². The van der Waals surface area contributed by atoms with Crippen LogP contribution in [0.25, 0.3) is 0 Å². The van der Waals surface area contributed by atoms with E-state index in [0.29, 0.717) is 19.7 Å². The molecule has 2 aliphatic rings. The summed E-state index contributed by atoms with van der Waals surface area (Å²) in [6, 6.07) is 7.35. The molecule has 2 aliphatic heterocycles. The smallest absolute Gasteiger partial charge is 0.243 e. The molecule has 7 nitrogen and oxygen atoms in total. The van der Waals surface area contributed by atoms with Gasteiger partial charge < -0.3 is 4.74 Å². The summed E-state index contributed by atoms with van der Waals surface area (Å²) >= 11 is 0. The largest absolute Gasteiger partial charge is 0.383 e. The van der Waals surface area contributed by atoms with Gasteiger partial charge in [-0.3, -0.25) is 4.90 Å². The minimum Gasteiger partial charge on any atom is -0.383 e. The quantitative estimate of drug-likeness (QED) is 0.710. The standard InChI is InChI=1S/C15H22N2O5S2/c1-22-10-9-16-7-8-17(15-12-23(18,19)11-14(15)16)24(20,21)13-5-3-2-4-6-13/h2-6,14-15H,7-12H2,1H3/t14-,15+/m0/s1. The van der Waals surface area contributed by atoms with Crippen LogP contribution in [0.15, 0.2) is 35.2 Å². The number of benzene rings is 1. The van der Waals surface area contributed by atoms with Gasteiger partial charge in [-0.1, -0.05) is 18.2 Å². The number of hydrogen-bond donors (Lipinski definition) is 0. The first-order valence-electron chi connectivity index (χ1n) is 7.85. The molecule has 2 fully saturated rings. The molecular weight excluding hydrogens is 352 g/mol. The van der Waals surface area contributed by atoms with E-state index in [1.54, 1.807) is 37.4 Å². The normalized spacial score (nSPS) is 27.9. The average molecular weight is 374 g/mol. The van der Waals surface area contributed by atoms with E-state index in [1.807, 2.05) is 4.90 Å². The molecule has 0 aromatic heterocycles. The molecule has 24 heavy (non-hydrogen) atoms. The molecule has 2 saturated heterocycles. The Hall–Kier alpha value is -1.00. The number of piperazine rings is 1. The van der Waals surface area contributed by atoms with Gasteiger partial charge in [0.1, 0.15) is 0 Å². The predicted octanol–water partition coefficient (Wildman–Crippen LogP) is -0.195. The Kier molecular flexibility index (Phi) is 4.99. The second kappa shape index (κ2) is 6.72. The van der Waals surface area contributed by atoms with Crippen LogP contribution in [-0.4, -0.2) is 83.0 Å². The van der Waals surface area contributed by atoms with E-state index >= 15 is 0 Å². The summed E-state index contributed by atoms with van der Waals surface area (Å²) in [5.74, 6) is -0.116. The lowest BCUT2D eigenvalue weighted by atomic mass is 10.1. The van der Waals surface area contributed by atoms with Crippen LogP contribution in [0.1, 0.15) is 0 Å². The van der Waals surface area contributed by atoms with Gasteiger partial charge in [0.2, 0.25) is 10.0 Å². The molecule has 2 heterocycles. The van der Waals surface area contributed by atoms with Gasteiger partial charge in [-0.25, -0.2) is 16.8 Å². The van der Waals surface area contributed by atoms with Gasteiger partial charge in [-0.15, -0.1) is 0 Å². The zero-order valence-corrected chi connectivity index (χ0v) is 15.2. The third-order valence-corrected chi connectivity index (χ3v) is 8.31. The van der Waals surface area contributed by atoms with Crippen LogP contribution in [0, 0.1) is 0 Å². The summed E-state index contributed by atoms with van der Waals surface area (Å²) in [5.41, 5.74) is 0. The number of fused-ring (bicyclic) bond motifs is 1. The zero-order valence-electron chi connectivity index (χ0n) is 13.5. The Bertz CT molecular complexity index is 779. The molecule has 0 N–H and O–H groups in total. The van der Waals surface area contributed by atoms with Crippen molar-refractivity contribution in [2.45, 2.75) is 17.0 Å². The molecule has 9 heteroatoms. The second-order valence-corrected chi connectivity index (χ2v) is 10.2. The van der Waals surface area contributed by atoms with E-state index < -0.39 is 25.9 Å². The summed E-state index contributed by atoms with van der Waals surface area (Å²) in [6.45, 7) is 1.89. The molecule has 0 bridgehead atoms. The van der Waals surface area contributed by atoms with Crippen LogP contribution in [-0.2, 0) is 24.6 Å². The van der Waals surface area contributed by atoms with Crippen molar-refractivity contribution < 1.29 is 21.6 Å². The van der Waals surface area contributed by atoms with Crippen molar-refractivity contribution in [3.63, 3.8) is 0 Å². The highest BCUT2D eigenvalue weighted by Crippen LogP contribution is 2.31. The Labute approximate surface area is 143 Å². The van der Waals surface area contributed by atoms with Gasteiger partial charge in [-0.2, -0.15) is 4.31 Å². The molecule has 0 unspecified atom stereocenters. The highest BCUT2D eigenvalue weighted by molar-refractivity contribution is 7.92. The van der Waals surface area contributed by atoms with E-state index in [2.05, 4.69) is 0 Å². The molecule has 3 rings (SSSR count). The van der Waals surface area contributed by atoms with Gasteiger partial charge in [0.15, 0.2) is 9.84 Å². The number of sulfonamides is 1. The van der Waals surface area contributed by atoms with Gasteiger partial charge in [0, 0.05) is 32.8 Å². The lowest BCUT2D eigenvalue weighted by Crippen LogP contribution is -2.60. The number of methoxy groups -OCH3 is 1. The van der Waals surface area contributed by atoms with Crippen LogP contribution in [0.2, 0.25) is 0 Å². The van der Waals surface area contributed by atoms with Gasteiger partial charge in [0.25, 0.3) is 0 Å². The number of ether oxygens (including phenoxy) is 1.